The van der Waals surface area contributed by atoms with Gasteiger partial charge in [0.15, 0.2) is 0 Å². The van der Waals surface area contributed by atoms with Crippen LogP contribution in [0.5, 0.6) is 5.75 Å². The van der Waals surface area contributed by atoms with Crippen LogP contribution in [0.15, 0.2) is 47.4 Å². The van der Waals surface area contributed by atoms with Crippen LogP contribution in [-0.2, 0) is 16.4 Å². The second-order valence-electron chi connectivity index (χ2n) is 7.49. The van der Waals surface area contributed by atoms with Gasteiger partial charge in [-0.3, -0.25) is 0 Å². The first-order chi connectivity index (χ1) is 14.4. The molecule has 1 fully saturated rings. The molecule has 1 aliphatic rings. The van der Waals surface area contributed by atoms with Crippen LogP contribution in [0.3, 0.4) is 0 Å². The molecule has 0 spiro atoms. The van der Waals surface area contributed by atoms with E-state index >= 15 is 0 Å². The van der Waals surface area contributed by atoms with Gasteiger partial charge in [-0.2, -0.15) is 0 Å². The van der Waals surface area contributed by atoms with Crippen LogP contribution in [0.1, 0.15) is 48.0 Å². The van der Waals surface area contributed by atoms with Gasteiger partial charge < -0.3 is 15.2 Å². The van der Waals surface area contributed by atoms with E-state index in [0.29, 0.717) is 18.7 Å². The van der Waals surface area contributed by atoms with Crippen molar-refractivity contribution in [2.24, 2.45) is 0 Å². The number of benzene rings is 2. The summed E-state index contributed by atoms with van der Waals surface area (Å²) in [5.74, 6) is -0.393. The lowest BCUT2D eigenvalue weighted by atomic mass is 9.96. The molecule has 162 valence electrons. The van der Waals surface area contributed by atoms with Gasteiger partial charge in [-0.15, -0.1) is 0 Å². The molecule has 0 heterocycles. The van der Waals surface area contributed by atoms with E-state index in [9.17, 15) is 18.3 Å². The lowest BCUT2D eigenvalue weighted by molar-refractivity contribution is 0.0697. The van der Waals surface area contributed by atoms with Gasteiger partial charge in [-0.05, 0) is 55.2 Å². The minimum absolute atomic E-state index is 0.0221. The fourth-order valence-corrected chi connectivity index (χ4v) is 4.99. The Morgan fingerprint density at radius 3 is 2.43 bits per heavy atom. The van der Waals surface area contributed by atoms with E-state index in [1.54, 1.807) is 7.11 Å². The van der Waals surface area contributed by atoms with Gasteiger partial charge in [0.25, 0.3) is 0 Å². The van der Waals surface area contributed by atoms with Crippen LogP contribution in [0.25, 0.3) is 0 Å². The highest BCUT2D eigenvalue weighted by Crippen LogP contribution is 2.24. The van der Waals surface area contributed by atoms with Crippen molar-refractivity contribution in [3.05, 3.63) is 53.6 Å². The summed E-state index contributed by atoms with van der Waals surface area (Å²) in [6, 6.07) is 11.8. The van der Waals surface area contributed by atoms with Crippen LogP contribution < -0.4 is 14.8 Å². The van der Waals surface area contributed by atoms with E-state index in [-0.39, 0.29) is 16.5 Å². The minimum Gasteiger partial charge on any atom is -0.497 e. The molecule has 0 amide bonds. The molecule has 3 N–H and O–H groups in total. The van der Waals surface area contributed by atoms with E-state index in [2.05, 4.69) is 10.0 Å². The van der Waals surface area contributed by atoms with Gasteiger partial charge in [0.1, 0.15) is 5.75 Å². The molecule has 1 aliphatic carbocycles. The van der Waals surface area contributed by atoms with Crippen molar-refractivity contribution >= 4 is 21.7 Å². The zero-order valence-corrected chi connectivity index (χ0v) is 17.9. The molecular weight excluding hydrogens is 404 g/mol. The van der Waals surface area contributed by atoms with E-state index < -0.39 is 16.0 Å². The van der Waals surface area contributed by atoms with Crippen LogP contribution in [-0.4, -0.2) is 39.2 Å². The molecule has 2 aromatic carbocycles. The Morgan fingerprint density at radius 2 is 1.80 bits per heavy atom. The van der Waals surface area contributed by atoms with Crippen LogP contribution in [0.2, 0.25) is 0 Å². The van der Waals surface area contributed by atoms with Gasteiger partial charge in [-0.25, -0.2) is 17.9 Å². The first-order valence-corrected chi connectivity index (χ1v) is 11.6. The van der Waals surface area contributed by atoms with Crippen molar-refractivity contribution in [2.45, 2.75) is 49.5 Å². The van der Waals surface area contributed by atoms with Crippen molar-refractivity contribution in [3.63, 3.8) is 0 Å². The SMILES string of the molecule is COc1ccc(CCNc2ccc(S(=O)(=O)NC3CCCCC3)cc2C(=O)O)cc1. The van der Waals surface area contributed by atoms with E-state index in [0.717, 1.165) is 43.4 Å². The summed E-state index contributed by atoms with van der Waals surface area (Å²) in [5, 5.41) is 12.7. The molecule has 0 saturated heterocycles. The van der Waals surface area contributed by atoms with Gasteiger partial charge >= 0.3 is 5.97 Å². The fraction of sp³-hybridized carbons (Fsp3) is 0.409. The number of nitrogens with one attached hydrogen (secondary N) is 2. The zero-order valence-electron chi connectivity index (χ0n) is 17.1. The van der Waals surface area contributed by atoms with Crippen molar-refractivity contribution in [1.29, 1.82) is 0 Å². The van der Waals surface area contributed by atoms with E-state index in [4.69, 9.17) is 4.74 Å². The quantitative estimate of drug-likeness (QED) is 0.559. The summed E-state index contributed by atoms with van der Waals surface area (Å²) in [6.45, 7) is 0.513. The first kappa shape index (κ1) is 22.1. The number of methoxy groups -OCH3 is 1. The number of carboxylic acids is 1. The highest BCUT2D eigenvalue weighted by atomic mass is 32.2. The molecule has 0 bridgehead atoms. The predicted octanol–water partition coefficient (Wildman–Crippen LogP) is 3.66. The molecule has 1 saturated carbocycles. The summed E-state index contributed by atoms with van der Waals surface area (Å²) in [7, 11) is -2.15. The first-order valence-electron chi connectivity index (χ1n) is 10.2. The second-order valence-corrected chi connectivity index (χ2v) is 9.21. The van der Waals surface area contributed by atoms with Crippen molar-refractivity contribution in [2.75, 3.05) is 19.0 Å². The average molecular weight is 433 g/mol. The Kier molecular flexibility index (Phi) is 7.33. The van der Waals surface area contributed by atoms with Gasteiger partial charge in [0, 0.05) is 18.3 Å². The third-order valence-corrected chi connectivity index (χ3v) is 6.87. The molecule has 0 aromatic heterocycles. The third-order valence-electron chi connectivity index (χ3n) is 5.35. The highest BCUT2D eigenvalue weighted by molar-refractivity contribution is 7.89. The predicted molar refractivity (Wildman–Crippen MR) is 116 cm³/mol. The topological polar surface area (TPSA) is 105 Å². The van der Waals surface area contributed by atoms with Crippen molar-refractivity contribution < 1.29 is 23.1 Å². The number of carbonyl (C=O) groups is 1. The second kappa shape index (κ2) is 9.95. The maximum atomic E-state index is 12.7. The molecule has 0 aliphatic heterocycles. The monoisotopic (exact) mass is 432 g/mol. The number of sulfonamides is 1. The molecule has 0 atom stereocenters. The fourth-order valence-electron chi connectivity index (χ4n) is 3.66. The third kappa shape index (κ3) is 5.73. The lowest BCUT2D eigenvalue weighted by Crippen LogP contribution is -2.36. The maximum Gasteiger partial charge on any atom is 0.337 e. The Balaban J connectivity index is 1.68. The smallest absolute Gasteiger partial charge is 0.337 e. The number of hydrogen-bond donors (Lipinski definition) is 3. The summed E-state index contributed by atoms with van der Waals surface area (Å²) in [5.41, 5.74) is 1.42. The van der Waals surface area contributed by atoms with Crippen LogP contribution in [0.4, 0.5) is 5.69 Å². The van der Waals surface area contributed by atoms with E-state index in [1.165, 1.54) is 18.2 Å². The molecule has 30 heavy (non-hydrogen) atoms. The van der Waals surface area contributed by atoms with Gasteiger partial charge in [0.2, 0.25) is 10.0 Å². The number of ether oxygens (including phenoxy) is 1. The summed E-state index contributed by atoms with van der Waals surface area (Å²) in [6.07, 6.45) is 5.45. The van der Waals surface area contributed by atoms with Crippen LogP contribution >= 0.6 is 0 Å². The van der Waals surface area contributed by atoms with Crippen molar-refractivity contribution in [1.82, 2.24) is 4.72 Å². The molecule has 2 aromatic rings. The molecule has 0 radical (unpaired) electrons. The lowest BCUT2D eigenvalue weighted by Gasteiger charge is -2.22. The number of anilines is 1. The molecule has 8 heteroatoms. The Hall–Kier alpha value is -2.58. The summed E-state index contributed by atoms with van der Waals surface area (Å²) >= 11 is 0. The molecule has 7 nitrogen and oxygen atoms in total. The van der Waals surface area contributed by atoms with Crippen LogP contribution in [0, 0.1) is 0 Å². The normalized spacial score (nSPS) is 15.0. The summed E-state index contributed by atoms with van der Waals surface area (Å²) in [4.78, 5) is 11.7. The number of carboxylic acid groups (broad SMARTS) is 1. The Bertz CT molecular complexity index is 968. The number of hydrogen-bond acceptors (Lipinski definition) is 5. The van der Waals surface area contributed by atoms with Crippen molar-refractivity contribution in [3.8, 4) is 5.75 Å². The Morgan fingerprint density at radius 1 is 1.10 bits per heavy atom. The molecule has 3 rings (SSSR count). The number of rotatable bonds is 9. The minimum atomic E-state index is -3.76. The number of aromatic carboxylic acids is 1. The van der Waals surface area contributed by atoms with E-state index in [1.807, 2.05) is 24.3 Å². The molecule has 0 unspecified atom stereocenters. The zero-order chi connectivity index (χ0) is 21.6. The highest BCUT2D eigenvalue weighted by Gasteiger charge is 2.23. The Labute approximate surface area is 177 Å². The molecular formula is C22H28N2O5S. The summed E-state index contributed by atoms with van der Waals surface area (Å²) < 4.78 is 33.3. The largest absolute Gasteiger partial charge is 0.497 e. The van der Waals surface area contributed by atoms with Gasteiger partial charge in [0.05, 0.1) is 17.6 Å². The maximum absolute atomic E-state index is 12.7. The van der Waals surface area contributed by atoms with Gasteiger partial charge in [-0.1, -0.05) is 31.4 Å². The standard InChI is InChI=1S/C22H28N2O5S/c1-29-18-9-7-16(8-10-18)13-14-23-21-12-11-19(15-20(21)22(25)26)30(27,28)24-17-5-3-2-4-6-17/h7-12,15,17,23-24H,2-6,13-14H2,1H3,(H,25,26). The average Bonchev–Trinajstić information content (AvgIpc) is 2.74.